The molecule has 1 aromatic carbocycles. The van der Waals surface area contributed by atoms with E-state index in [4.69, 9.17) is 4.74 Å². The van der Waals surface area contributed by atoms with Crippen molar-refractivity contribution in [2.75, 3.05) is 33.8 Å². The van der Waals surface area contributed by atoms with Gasteiger partial charge in [-0.05, 0) is 26.6 Å². The zero-order valence-electron chi connectivity index (χ0n) is 11.7. The van der Waals surface area contributed by atoms with Crippen LogP contribution < -0.4 is 0 Å². The van der Waals surface area contributed by atoms with Crippen LogP contribution in [0.5, 0.6) is 0 Å². The predicted molar refractivity (Wildman–Crippen MR) is 74.6 cm³/mol. The number of ether oxygens (including phenoxy) is 1. The summed E-state index contributed by atoms with van der Waals surface area (Å²) in [5.74, 6) is 0. The van der Waals surface area contributed by atoms with E-state index in [1.807, 2.05) is 0 Å². The van der Waals surface area contributed by atoms with Crippen molar-refractivity contribution in [2.45, 2.75) is 25.6 Å². The van der Waals surface area contributed by atoms with Crippen molar-refractivity contribution < 1.29 is 4.74 Å². The van der Waals surface area contributed by atoms with Crippen LogP contribution in [-0.4, -0.2) is 55.7 Å². The molecule has 100 valence electrons. The molecular formula is C15H24N2O. The lowest BCUT2D eigenvalue weighted by molar-refractivity contribution is -0.0687. The molecule has 2 unspecified atom stereocenters. The molecule has 0 N–H and O–H groups in total. The van der Waals surface area contributed by atoms with Crippen LogP contribution in [0.3, 0.4) is 0 Å². The van der Waals surface area contributed by atoms with E-state index in [0.29, 0.717) is 12.1 Å². The molecule has 0 aromatic heterocycles. The monoisotopic (exact) mass is 248 g/mol. The Morgan fingerprint density at radius 3 is 2.67 bits per heavy atom. The van der Waals surface area contributed by atoms with Gasteiger partial charge < -0.3 is 9.64 Å². The van der Waals surface area contributed by atoms with Crippen LogP contribution in [0, 0.1) is 0 Å². The first-order chi connectivity index (χ1) is 8.65. The molecule has 1 fully saturated rings. The molecule has 1 saturated heterocycles. The lowest BCUT2D eigenvalue weighted by atomic mass is 10.1. The predicted octanol–water partition coefficient (Wildman–Crippen LogP) is 1.84. The summed E-state index contributed by atoms with van der Waals surface area (Å²) in [7, 11) is 4.20. The van der Waals surface area contributed by atoms with E-state index < -0.39 is 0 Å². The minimum Gasteiger partial charge on any atom is -0.374 e. The van der Waals surface area contributed by atoms with Crippen LogP contribution in [0.4, 0.5) is 0 Å². The van der Waals surface area contributed by atoms with Gasteiger partial charge in [-0.3, -0.25) is 4.90 Å². The van der Waals surface area contributed by atoms with Crippen LogP contribution in [0.2, 0.25) is 0 Å². The first kappa shape index (κ1) is 13.5. The van der Waals surface area contributed by atoms with E-state index in [1.54, 1.807) is 0 Å². The summed E-state index contributed by atoms with van der Waals surface area (Å²) >= 11 is 0. The van der Waals surface area contributed by atoms with Gasteiger partial charge in [0.05, 0.1) is 12.7 Å². The van der Waals surface area contributed by atoms with E-state index in [9.17, 15) is 0 Å². The maximum atomic E-state index is 5.89. The molecule has 1 heterocycles. The average Bonchev–Trinajstić information content (AvgIpc) is 2.34. The lowest BCUT2D eigenvalue weighted by Gasteiger charge is -2.38. The molecule has 0 saturated carbocycles. The lowest BCUT2D eigenvalue weighted by Crippen LogP contribution is -2.50. The van der Waals surface area contributed by atoms with Gasteiger partial charge in [-0.25, -0.2) is 0 Å². The molecule has 2 rings (SSSR count). The fraction of sp³-hybridized carbons (Fsp3) is 0.600. The Kier molecular flexibility index (Phi) is 4.75. The Hall–Kier alpha value is -0.900. The Balaban J connectivity index is 1.93. The van der Waals surface area contributed by atoms with E-state index in [2.05, 4.69) is 61.2 Å². The van der Waals surface area contributed by atoms with E-state index in [-0.39, 0.29) is 0 Å². The average molecular weight is 248 g/mol. The summed E-state index contributed by atoms with van der Waals surface area (Å²) in [4.78, 5) is 4.72. The van der Waals surface area contributed by atoms with Crippen molar-refractivity contribution in [3.63, 3.8) is 0 Å². The summed E-state index contributed by atoms with van der Waals surface area (Å²) in [6.07, 6.45) is 0.333. The van der Waals surface area contributed by atoms with Gasteiger partial charge in [0.2, 0.25) is 0 Å². The molecule has 3 nitrogen and oxygen atoms in total. The zero-order valence-corrected chi connectivity index (χ0v) is 11.7. The van der Waals surface area contributed by atoms with Crippen LogP contribution in [0.15, 0.2) is 30.3 Å². The summed E-state index contributed by atoms with van der Waals surface area (Å²) < 4.78 is 5.89. The van der Waals surface area contributed by atoms with Gasteiger partial charge in [0, 0.05) is 25.7 Å². The molecular weight excluding hydrogens is 224 g/mol. The van der Waals surface area contributed by atoms with Crippen molar-refractivity contribution in [1.29, 1.82) is 0 Å². The van der Waals surface area contributed by atoms with Gasteiger partial charge in [0.25, 0.3) is 0 Å². The summed E-state index contributed by atoms with van der Waals surface area (Å²) in [6.45, 7) is 6.13. The Morgan fingerprint density at radius 2 is 2.00 bits per heavy atom. The molecule has 1 aromatic rings. The van der Waals surface area contributed by atoms with Gasteiger partial charge in [0.15, 0.2) is 0 Å². The number of nitrogens with zero attached hydrogens (tertiary/aromatic N) is 2. The normalized spacial score (nSPS) is 25.6. The number of likely N-dealkylation sites (N-methyl/N-ethyl adjacent to an activating group) is 1. The minimum atomic E-state index is 0.333. The number of hydrogen-bond acceptors (Lipinski definition) is 3. The highest BCUT2D eigenvalue weighted by molar-refractivity contribution is 5.14. The van der Waals surface area contributed by atoms with Crippen LogP contribution in [0.25, 0.3) is 0 Å². The first-order valence-electron chi connectivity index (χ1n) is 6.69. The molecule has 2 atom stereocenters. The zero-order chi connectivity index (χ0) is 13.0. The minimum absolute atomic E-state index is 0.333. The van der Waals surface area contributed by atoms with Crippen LogP contribution in [-0.2, 0) is 11.3 Å². The maximum absolute atomic E-state index is 5.89. The van der Waals surface area contributed by atoms with Gasteiger partial charge in [-0.2, -0.15) is 0 Å². The van der Waals surface area contributed by atoms with Crippen molar-refractivity contribution >= 4 is 0 Å². The molecule has 18 heavy (non-hydrogen) atoms. The first-order valence-corrected chi connectivity index (χ1v) is 6.69. The fourth-order valence-electron chi connectivity index (χ4n) is 2.43. The molecule has 0 aliphatic carbocycles. The summed E-state index contributed by atoms with van der Waals surface area (Å²) in [5, 5.41) is 0. The third-order valence-corrected chi connectivity index (χ3v) is 3.43. The highest BCUT2D eigenvalue weighted by Gasteiger charge is 2.26. The number of morpholine rings is 1. The molecule has 0 amide bonds. The Labute approximate surface area is 110 Å². The Morgan fingerprint density at radius 1 is 1.28 bits per heavy atom. The quantitative estimate of drug-likeness (QED) is 0.808. The van der Waals surface area contributed by atoms with E-state index in [0.717, 1.165) is 26.2 Å². The molecule has 3 heteroatoms. The highest BCUT2D eigenvalue weighted by atomic mass is 16.5. The molecule has 1 aliphatic rings. The second kappa shape index (κ2) is 6.32. The largest absolute Gasteiger partial charge is 0.374 e. The summed E-state index contributed by atoms with van der Waals surface area (Å²) in [5.41, 5.74) is 1.38. The number of hydrogen-bond donors (Lipinski definition) is 0. The fourth-order valence-corrected chi connectivity index (χ4v) is 2.43. The van der Waals surface area contributed by atoms with Crippen molar-refractivity contribution in [1.82, 2.24) is 9.80 Å². The number of rotatable bonds is 4. The third kappa shape index (κ3) is 3.80. The Bertz CT molecular complexity index is 353. The SMILES string of the molecule is CC1COC(CN(C)C)CN1Cc1ccccc1. The van der Waals surface area contributed by atoms with Crippen LogP contribution in [0.1, 0.15) is 12.5 Å². The number of benzene rings is 1. The standard InChI is InChI=1S/C15H24N2O/c1-13-12-18-15(10-16(2)3)11-17(13)9-14-7-5-4-6-8-14/h4-8,13,15H,9-12H2,1-3H3. The van der Waals surface area contributed by atoms with Crippen molar-refractivity contribution in [2.24, 2.45) is 0 Å². The topological polar surface area (TPSA) is 15.7 Å². The second-order valence-corrected chi connectivity index (χ2v) is 5.48. The van der Waals surface area contributed by atoms with Crippen LogP contribution >= 0.6 is 0 Å². The van der Waals surface area contributed by atoms with E-state index in [1.165, 1.54) is 5.56 Å². The molecule has 1 aliphatic heterocycles. The molecule has 0 spiro atoms. The maximum Gasteiger partial charge on any atom is 0.0829 e. The second-order valence-electron chi connectivity index (χ2n) is 5.48. The highest BCUT2D eigenvalue weighted by Crippen LogP contribution is 2.15. The van der Waals surface area contributed by atoms with Gasteiger partial charge >= 0.3 is 0 Å². The smallest absolute Gasteiger partial charge is 0.0829 e. The van der Waals surface area contributed by atoms with E-state index >= 15 is 0 Å². The van der Waals surface area contributed by atoms with Crippen molar-refractivity contribution in [3.8, 4) is 0 Å². The summed E-state index contributed by atoms with van der Waals surface area (Å²) in [6, 6.07) is 11.2. The third-order valence-electron chi connectivity index (χ3n) is 3.43. The van der Waals surface area contributed by atoms with Gasteiger partial charge in [-0.1, -0.05) is 30.3 Å². The van der Waals surface area contributed by atoms with Crippen molar-refractivity contribution in [3.05, 3.63) is 35.9 Å². The molecule has 0 bridgehead atoms. The molecule has 0 radical (unpaired) electrons. The van der Waals surface area contributed by atoms with Gasteiger partial charge in [0.1, 0.15) is 0 Å². The van der Waals surface area contributed by atoms with Gasteiger partial charge in [-0.15, -0.1) is 0 Å².